The van der Waals surface area contributed by atoms with Crippen molar-refractivity contribution in [3.63, 3.8) is 0 Å². The Kier molecular flexibility index (Phi) is 7.87. The zero-order chi connectivity index (χ0) is 23.3. The molecule has 3 rings (SSSR count). The summed E-state index contributed by atoms with van der Waals surface area (Å²) in [7, 11) is 1.52. The molecule has 2 saturated heterocycles. The third-order valence-electron chi connectivity index (χ3n) is 6.60. The van der Waals surface area contributed by atoms with E-state index in [9.17, 15) is 18.8 Å². The van der Waals surface area contributed by atoms with E-state index >= 15 is 0 Å². The van der Waals surface area contributed by atoms with Crippen molar-refractivity contribution in [2.24, 2.45) is 11.8 Å². The number of benzene rings is 1. The molecule has 1 atom stereocenters. The number of methoxy groups -OCH3 is 1. The summed E-state index contributed by atoms with van der Waals surface area (Å²) in [4.78, 5) is 41.9. The molecule has 4 amide bonds. The first-order valence-corrected chi connectivity index (χ1v) is 11.4. The third-order valence-corrected chi connectivity index (χ3v) is 6.60. The summed E-state index contributed by atoms with van der Waals surface area (Å²) < 4.78 is 18.5. The van der Waals surface area contributed by atoms with Crippen LogP contribution in [0.5, 0.6) is 0 Å². The van der Waals surface area contributed by atoms with E-state index < -0.39 is 11.6 Å². The lowest BCUT2D eigenvalue weighted by Gasteiger charge is -2.41. The van der Waals surface area contributed by atoms with Crippen molar-refractivity contribution >= 4 is 17.8 Å². The van der Waals surface area contributed by atoms with Crippen LogP contribution in [0, 0.1) is 17.7 Å². The Labute approximate surface area is 189 Å². The number of imide groups is 1. The summed E-state index contributed by atoms with van der Waals surface area (Å²) in [5.41, 5.74) is -0.320. The molecule has 0 aromatic heterocycles. The molecule has 1 unspecified atom stereocenters. The molecule has 32 heavy (non-hydrogen) atoms. The summed E-state index contributed by atoms with van der Waals surface area (Å²) >= 11 is 0. The average Bonchev–Trinajstić information content (AvgIpc) is 3.02. The van der Waals surface area contributed by atoms with Gasteiger partial charge in [0.25, 0.3) is 5.91 Å². The first-order valence-electron chi connectivity index (χ1n) is 11.4. The molecule has 1 aromatic carbocycles. The van der Waals surface area contributed by atoms with Crippen LogP contribution in [0.3, 0.4) is 0 Å². The zero-order valence-electron chi connectivity index (χ0n) is 19.2. The molecule has 0 spiro atoms. The quantitative estimate of drug-likeness (QED) is 0.591. The number of hydrogen-bond acceptors (Lipinski definition) is 4. The molecule has 1 N–H and O–H groups in total. The molecule has 1 aromatic rings. The van der Waals surface area contributed by atoms with E-state index in [4.69, 9.17) is 4.74 Å². The van der Waals surface area contributed by atoms with E-state index in [0.29, 0.717) is 38.3 Å². The van der Waals surface area contributed by atoms with E-state index in [1.165, 1.54) is 24.1 Å². The van der Waals surface area contributed by atoms with Crippen LogP contribution in [0.2, 0.25) is 0 Å². The van der Waals surface area contributed by atoms with Gasteiger partial charge in [0.1, 0.15) is 11.4 Å². The number of nitrogens with one attached hydrogen (secondary N) is 1. The van der Waals surface area contributed by atoms with Crippen molar-refractivity contribution in [3.8, 4) is 0 Å². The molecule has 7 nitrogen and oxygen atoms in total. The van der Waals surface area contributed by atoms with Crippen LogP contribution >= 0.6 is 0 Å². The molecule has 0 radical (unpaired) electrons. The highest BCUT2D eigenvalue weighted by molar-refractivity contribution is 6.07. The number of likely N-dealkylation sites (tertiary alicyclic amines) is 1. The molecule has 0 bridgehead atoms. The van der Waals surface area contributed by atoms with Crippen LogP contribution in [-0.4, -0.2) is 66.5 Å². The standard InChI is InChI=1S/C24H34FN3O4/c1-17(2)4-9-21(29)27-12-10-19(11-13-27)24(16-18-5-7-20(25)8-6-18)22(30)28(14-15-32-3)23(31)26-24/h5-8,17,19H,4,9-16H2,1-3H3,(H,26,31). The molecule has 8 heteroatoms. The van der Waals surface area contributed by atoms with Gasteiger partial charge in [0.05, 0.1) is 13.2 Å². The van der Waals surface area contributed by atoms with Gasteiger partial charge in [-0.05, 0) is 48.8 Å². The number of ether oxygens (including phenoxy) is 1. The second-order valence-electron chi connectivity index (χ2n) is 9.24. The lowest BCUT2D eigenvalue weighted by Crippen LogP contribution is -2.58. The lowest BCUT2D eigenvalue weighted by molar-refractivity contribution is -0.136. The van der Waals surface area contributed by atoms with E-state index in [2.05, 4.69) is 19.2 Å². The van der Waals surface area contributed by atoms with Gasteiger partial charge in [-0.2, -0.15) is 0 Å². The molecular formula is C24H34FN3O4. The number of rotatable bonds is 9. The Balaban J connectivity index is 1.78. The van der Waals surface area contributed by atoms with Gasteiger partial charge >= 0.3 is 6.03 Å². The van der Waals surface area contributed by atoms with E-state index in [1.54, 1.807) is 12.1 Å². The summed E-state index contributed by atoms with van der Waals surface area (Å²) in [5.74, 6) is -0.119. The molecular weight excluding hydrogens is 413 g/mol. The average molecular weight is 448 g/mol. The van der Waals surface area contributed by atoms with E-state index in [1.807, 2.05) is 4.90 Å². The molecule has 2 heterocycles. The Morgan fingerprint density at radius 1 is 1.22 bits per heavy atom. The van der Waals surface area contributed by atoms with Gasteiger partial charge < -0.3 is 15.0 Å². The summed E-state index contributed by atoms with van der Waals surface area (Å²) in [6.45, 7) is 5.76. The lowest BCUT2D eigenvalue weighted by atomic mass is 9.74. The summed E-state index contributed by atoms with van der Waals surface area (Å²) in [6.07, 6.45) is 2.92. The first kappa shape index (κ1) is 24.2. The van der Waals surface area contributed by atoms with Crippen LogP contribution < -0.4 is 5.32 Å². The van der Waals surface area contributed by atoms with Crippen molar-refractivity contribution in [1.29, 1.82) is 0 Å². The monoisotopic (exact) mass is 447 g/mol. The fourth-order valence-electron chi connectivity index (χ4n) is 4.69. The second kappa shape index (κ2) is 10.4. The van der Waals surface area contributed by atoms with Gasteiger partial charge in [-0.15, -0.1) is 0 Å². The van der Waals surface area contributed by atoms with Gasteiger partial charge in [-0.25, -0.2) is 9.18 Å². The van der Waals surface area contributed by atoms with Crippen molar-refractivity contribution in [2.75, 3.05) is 33.4 Å². The van der Waals surface area contributed by atoms with Crippen molar-refractivity contribution < 1.29 is 23.5 Å². The largest absolute Gasteiger partial charge is 0.383 e. The van der Waals surface area contributed by atoms with Gasteiger partial charge in [0.2, 0.25) is 5.91 Å². The molecule has 2 aliphatic rings. The maximum atomic E-state index is 13.5. The second-order valence-corrected chi connectivity index (χ2v) is 9.24. The number of amides is 4. The van der Waals surface area contributed by atoms with Crippen LogP contribution in [0.25, 0.3) is 0 Å². The van der Waals surface area contributed by atoms with Gasteiger partial charge in [-0.3, -0.25) is 14.5 Å². The van der Waals surface area contributed by atoms with Crippen molar-refractivity contribution in [2.45, 2.75) is 51.5 Å². The van der Waals surface area contributed by atoms with Gasteiger partial charge in [0.15, 0.2) is 0 Å². The first-order chi connectivity index (χ1) is 15.3. The number of urea groups is 1. The summed E-state index contributed by atoms with van der Waals surface area (Å²) in [5, 5.41) is 2.98. The Bertz CT molecular complexity index is 821. The zero-order valence-corrected chi connectivity index (χ0v) is 19.2. The maximum Gasteiger partial charge on any atom is 0.325 e. The number of piperidine rings is 1. The Morgan fingerprint density at radius 2 is 1.88 bits per heavy atom. The fourth-order valence-corrected chi connectivity index (χ4v) is 4.69. The van der Waals surface area contributed by atoms with E-state index in [-0.39, 0.29) is 43.1 Å². The van der Waals surface area contributed by atoms with Crippen LogP contribution in [0.4, 0.5) is 9.18 Å². The predicted octanol–water partition coefficient (Wildman–Crippen LogP) is 2.98. The molecule has 0 saturated carbocycles. The third kappa shape index (κ3) is 5.28. The summed E-state index contributed by atoms with van der Waals surface area (Å²) in [6, 6.07) is 5.61. The van der Waals surface area contributed by atoms with Crippen LogP contribution in [-0.2, 0) is 20.7 Å². The molecule has 2 aliphatic heterocycles. The number of hydrogen-bond donors (Lipinski definition) is 1. The Hall–Kier alpha value is -2.48. The number of carbonyl (C=O) groups is 3. The van der Waals surface area contributed by atoms with E-state index in [0.717, 1.165) is 12.0 Å². The minimum absolute atomic E-state index is 0.120. The normalized spacial score (nSPS) is 22.0. The number of carbonyl (C=O) groups excluding carboxylic acids is 3. The molecule has 176 valence electrons. The molecule has 0 aliphatic carbocycles. The van der Waals surface area contributed by atoms with Crippen molar-refractivity contribution in [3.05, 3.63) is 35.6 Å². The van der Waals surface area contributed by atoms with Crippen molar-refractivity contribution in [1.82, 2.24) is 15.1 Å². The van der Waals surface area contributed by atoms with Gasteiger partial charge in [-0.1, -0.05) is 26.0 Å². The highest BCUT2D eigenvalue weighted by atomic mass is 19.1. The smallest absolute Gasteiger partial charge is 0.325 e. The maximum absolute atomic E-state index is 13.5. The predicted molar refractivity (Wildman–Crippen MR) is 118 cm³/mol. The number of nitrogens with zero attached hydrogens (tertiary/aromatic N) is 2. The number of halogens is 1. The van der Waals surface area contributed by atoms with Gasteiger partial charge in [0, 0.05) is 33.0 Å². The minimum atomic E-state index is -1.10. The van der Waals surface area contributed by atoms with Crippen LogP contribution in [0.15, 0.2) is 24.3 Å². The SMILES string of the molecule is COCCN1C(=O)NC(Cc2ccc(F)cc2)(C2CCN(C(=O)CCC(C)C)CC2)C1=O. The highest BCUT2D eigenvalue weighted by Crippen LogP contribution is 2.36. The minimum Gasteiger partial charge on any atom is -0.383 e. The van der Waals surface area contributed by atoms with Crippen LogP contribution in [0.1, 0.15) is 45.1 Å². The highest BCUT2D eigenvalue weighted by Gasteiger charge is 2.55. The molecule has 2 fully saturated rings. The fraction of sp³-hybridized carbons (Fsp3) is 0.625. The Morgan fingerprint density at radius 3 is 2.47 bits per heavy atom. The topological polar surface area (TPSA) is 79.0 Å².